The van der Waals surface area contributed by atoms with Crippen LogP contribution in [0.2, 0.25) is 5.15 Å². The maximum absolute atomic E-state index is 11.0. The van der Waals surface area contributed by atoms with Crippen molar-refractivity contribution < 1.29 is 0 Å². The molecule has 0 aliphatic heterocycles. The highest BCUT2D eigenvalue weighted by Gasteiger charge is 1.98. The third kappa shape index (κ3) is 1.21. The van der Waals surface area contributed by atoms with E-state index in [-0.39, 0.29) is 5.43 Å². The van der Waals surface area contributed by atoms with Crippen LogP contribution in [0.25, 0.3) is 0 Å². The zero-order chi connectivity index (χ0) is 7.72. The van der Waals surface area contributed by atoms with Crippen LogP contribution in [0.4, 0.5) is 0 Å². The molecule has 0 aromatic carbocycles. The fraction of sp³-hybridized carbons (Fsp3) is 0.286. The summed E-state index contributed by atoms with van der Waals surface area (Å²) in [5.41, 5.74) is 1.36. The lowest BCUT2D eigenvalue weighted by atomic mass is 10.3. The van der Waals surface area contributed by atoms with Gasteiger partial charge in [-0.2, -0.15) is 0 Å². The lowest BCUT2D eigenvalue weighted by molar-refractivity contribution is 1.15. The number of aromatic amines is 1. The third-order valence-electron chi connectivity index (χ3n) is 1.35. The van der Waals surface area contributed by atoms with Crippen LogP contribution in [0.3, 0.4) is 0 Å². The normalized spacial score (nSPS) is 9.90. The van der Waals surface area contributed by atoms with E-state index >= 15 is 0 Å². The minimum Gasteiger partial charge on any atom is -0.349 e. The quantitative estimate of drug-likeness (QED) is 0.571. The van der Waals surface area contributed by atoms with E-state index in [1.54, 1.807) is 13.8 Å². The molecule has 1 aromatic rings. The van der Waals surface area contributed by atoms with Crippen LogP contribution in [0.15, 0.2) is 10.9 Å². The number of hydrogen-bond acceptors (Lipinski definition) is 1. The van der Waals surface area contributed by atoms with E-state index < -0.39 is 0 Å². The van der Waals surface area contributed by atoms with Crippen molar-refractivity contribution in [2.45, 2.75) is 13.8 Å². The van der Waals surface area contributed by atoms with E-state index in [0.29, 0.717) is 10.7 Å². The van der Waals surface area contributed by atoms with Gasteiger partial charge in [0, 0.05) is 17.3 Å². The topological polar surface area (TPSA) is 32.9 Å². The van der Waals surface area contributed by atoms with Gasteiger partial charge in [0.15, 0.2) is 5.43 Å². The molecule has 0 unspecified atom stereocenters. The number of nitrogens with one attached hydrogen (secondary N) is 1. The van der Waals surface area contributed by atoms with Gasteiger partial charge in [-0.3, -0.25) is 4.79 Å². The lowest BCUT2D eigenvalue weighted by Gasteiger charge is -1.97. The Labute approximate surface area is 63.8 Å². The predicted octanol–water partition coefficient (Wildman–Crippen LogP) is 1.65. The summed E-state index contributed by atoms with van der Waals surface area (Å²) in [6.45, 7) is 3.49. The second-order valence-corrected chi connectivity index (χ2v) is 2.63. The first-order chi connectivity index (χ1) is 4.61. The molecule has 3 heteroatoms. The molecule has 0 bridgehead atoms. The van der Waals surface area contributed by atoms with Crippen LogP contribution in [-0.2, 0) is 0 Å². The molecule has 0 aliphatic carbocycles. The van der Waals surface area contributed by atoms with Crippen molar-refractivity contribution in [1.29, 1.82) is 0 Å². The van der Waals surface area contributed by atoms with Crippen LogP contribution in [-0.4, -0.2) is 4.98 Å². The van der Waals surface area contributed by atoms with Gasteiger partial charge in [-0.25, -0.2) is 0 Å². The van der Waals surface area contributed by atoms with Gasteiger partial charge in [0.25, 0.3) is 0 Å². The van der Waals surface area contributed by atoms with Crippen LogP contribution in [0, 0.1) is 13.8 Å². The number of aryl methyl sites for hydroxylation is 1. The number of halogens is 1. The minimum atomic E-state index is -0.0127. The fourth-order valence-corrected chi connectivity index (χ4v) is 0.958. The molecule has 0 amide bonds. The summed E-state index contributed by atoms with van der Waals surface area (Å²) < 4.78 is 0. The first-order valence-electron chi connectivity index (χ1n) is 2.97. The zero-order valence-corrected chi connectivity index (χ0v) is 6.62. The first kappa shape index (κ1) is 7.35. The summed E-state index contributed by atoms with van der Waals surface area (Å²) in [5, 5.41) is 0.435. The highest BCUT2D eigenvalue weighted by atomic mass is 35.5. The summed E-state index contributed by atoms with van der Waals surface area (Å²) in [7, 11) is 0. The highest BCUT2D eigenvalue weighted by Crippen LogP contribution is 2.06. The van der Waals surface area contributed by atoms with Gasteiger partial charge in [0.05, 0.1) is 0 Å². The van der Waals surface area contributed by atoms with Crippen LogP contribution >= 0.6 is 11.6 Å². The Bertz CT molecular complexity index is 303. The molecule has 0 spiro atoms. The van der Waals surface area contributed by atoms with Gasteiger partial charge in [-0.1, -0.05) is 11.6 Å². The van der Waals surface area contributed by atoms with Crippen molar-refractivity contribution in [3.05, 3.63) is 32.7 Å². The maximum Gasteiger partial charge on any atom is 0.186 e. The van der Waals surface area contributed by atoms with Crippen LogP contribution in [0.5, 0.6) is 0 Å². The second-order valence-electron chi connectivity index (χ2n) is 2.26. The number of pyridine rings is 1. The van der Waals surface area contributed by atoms with Gasteiger partial charge in [-0.05, 0) is 13.8 Å². The Hall–Kier alpha value is -0.760. The summed E-state index contributed by atoms with van der Waals surface area (Å²) in [5.74, 6) is 0. The fourth-order valence-electron chi connectivity index (χ4n) is 0.716. The SMILES string of the molecule is Cc1cc(=O)c(C)c(Cl)[nH]1. The Kier molecular flexibility index (Phi) is 1.81. The summed E-state index contributed by atoms with van der Waals surface area (Å²) >= 11 is 5.66. The molecular weight excluding hydrogens is 150 g/mol. The summed E-state index contributed by atoms with van der Waals surface area (Å²) in [4.78, 5) is 13.8. The molecule has 0 aliphatic rings. The molecule has 10 heavy (non-hydrogen) atoms. The number of rotatable bonds is 0. The molecule has 1 rings (SSSR count). The molecule has 0 saturated heterocycles. The highest BCUT2D eigenvalue weighted by molar-refractivity contribution is 6.30. The Morgan fingerprint density at radius 2 is 2.10 bits per heavy atom. The van der Waals surface area contributed by atoms with Gasteiger partial charge in [0.2, 0.25) is 0 Å². The molecule has 0 fully saturated rings. The third-order valence-corrected chi connectivity index (χ3v) is 1.73. The maximum atomic E-state index is 11.0. The monoisotopic (exact) mass is 157 g/mol. The van der Waals surface area contributed by atoms with Gasteiger partial charge >= 0.3 is 0 Å². The van der Waals surface area contributed by atoms with Gasteiger partial charge < -0.3 is 4.98 Å². The number of hydrogen-bond donors (Lipinski definition) is 1. The average Bonchev–Trinajstić information content (AvgIpc) is 1.82. The van der Waals surface area contributed by atoms with E-state index in [1.807, 2.05) is 0 Å². The summed E-state index contributed by atoms with van der Waals surface area (Å²) in [6, 6.07) is 1.53. The molecule has 1 heterocycles. The predicted molar refractivity (Wildman–Crippen MR) is 41.5 cm³/mol. The van der Waals surface area contributed by atoms with E-state index in [0.717, 1.165) is 5.69 Å². The van der Waals surface area contributed by atoms with E-state index in [1.165, 1.54) is 6.07 Å². The van der Waals surface area contributed by atoms with Crippen molar-refractivity contribution in [1.82, 2.24) is 4.98 Å². The van der Waals surface area contributed by atoms with Crippen LogP contribution in [0.1, 0.15) is 11.3 Å². The number of H-pyrrole nitrogens is 1. The molecule has 1 aromatic heterocycles. The Morgan fingerprint density at radius 3 is 2.60 bits per heavy atom. The number of aromatic nitrogens is 1. The smallest absolute Gasteiger partial charge is 0.186 e. The van der Waals surface area contributed by atoms with Crippen molar-refractivity contribution in [2.75, 3.05) is 0 Å². The van der Waals surface area contributed by atoms with Crippen molar-refractivity contribution in [3.8, 4) is 0 Å². The molecular formula is C7H8ClNO. The van der Waals surface area contributed by atoms with Crippen LogP contribution < -0.4 is 5.43 Å². The lowest BCUT2D eigenvalue weighted by Crippen LogP contribution is -2.06. The largest absolute Gasteiger partial charge is 0.349 e. The van der Waals surface area contributed by atoms with E-state index in [9.17, 15) is 4.79 Å². The zero-order valence-electron chi connectivity index (χ0n) is 5.86. The molecule has 0 saturated carbocycles. The minimum absolute atomic E-state index is 0.0127. The van der Waals surface area contributed by atoms with Crippen molar-refractivity contribution >= 4 is 11.6 Å². The molecule has 1 N–H and O–H groups in total. The summed E-state index contributed by atoms with van der Waals surface area (Å²) in [6.07, 6.45) is 0. The van der Waals surface area contributed by atoms with Crippen molar-refractivity contribution in [3.63, 3.8) is 0 Å². The average molecular weight is 158 g/mol. The second kappa shape index (κ2) is 2.46. The molecule has 0 atom stereocenters. The van der Waals surface area contributed by atoms with E-state index in [4.69, 9.17) is 11.6 Å². The Balaban J connectivity index is 3.46. The molecule has 54 valence electrons. The van der Waals surface area contributed by atoms with E-state index in [2.05, 4.69) is 4.98 Å². The Morgan fingerprint density at radius 1 is 1.50 bits per heavy atom. The molecule has 2 nitrogen and oxygen atoms in total. The standard InChI is InChI=1S/C7H8ClNO/c1-4-3-6(10)5(2)7(8)9-4/h3H,1-2H3,(H,9,10). The van der Waals surface area contributed by atoms with Crippen molar-refractivity contribution in [2.24, 2.45) is 0 Å². The molecule has 0 radical (unpaired) electrons. The van der Waals surface area contributed by atoms with Gasteiger partial charge in [0.1, 0.15) is 5.15 Å². The first-order valence-corrected chi connectivity index (χ1v) is 3.35. The van der Waals surface area contributed by atoms with Gasteiger partial charge in [-0.15, -0.1) is 0 Å².